The van der Waals surface area contributed by atoms with E-state index in [1.807, 2.05) is 31.2 Å². The van der Waals surface area contributed by atoms with Crippen LogP contribution in [0.25, 0.3) is 0 Å². The molecule has 0 atom stereocenters. The van der Waals surface area contributed by atoms with Gasteiger partial charge in [-0.05, 0) is 29.8 Å². The Bertz CT molecular complexity index is 536. The number of hydrogen-bond donors (Lipinski definition) is 2. The molecule has 2 rings (SSSR count). The Kier molecular flexibility index (Phi) is 3.04. The van der Waals surface area contributed by atoms with Crippen molar-refractivity contribution in [3.05, 3.63) is 35.5 Å². The van der Waals surface area contributed by atoms with Gasteiger partial charge < -0.3 is 11.1 Å². The van der Waals surface area contributed by atoms with Gasteiger partial charge >= 0.3 is 0 Å². The number of rotatable bonds is 3. The number of hydrogen-bond acceptors (Lipinski definition) is 5. The summed E-state index contributed by atoms with van der Waals surface area (Å²) in [4.78, 5) is 11.7. The van der Waals surface area contributed by atoms with Crippen molar-refractivity contribution in [3.8, 4) is 0 Å². The van der Waals surface area contributed by atoms with Crippen LogP contribution in [0.3, 0.4) is 0 Å². The Morgan fingerprint density at radius 3 is 2.94 bits per heavy atom. The molecule has 88 valence electrons. The van der Waals surface area contributed by atoms with Crippen molar-refractivity contribution < 1.29 is 9.42 Å². The number of nitrogens with zero attached hydrogens (tertiary/aromatic N) is 2. The Hall–Kier alpha value is -2.37. The summed E-state index contributed by atoms with van der Waals surface area (Å²) in [5, 5.41) is 9.69. The third-order valence-corrected chi connectivity index (χ3v) is 2.22. The van der Waals surface area contributed by atoms with Crippen molar-refractivity contribution in [1.82, 2.24) is 10.3 Å². The van der Waals surface area contributed by atoms with Crippen LogP contribution in [0.1, 0.15) is 11.3 Å². The highest BCUT2D eigenvalue weighted by Crippen LogP contribution is 2.11. The van der Waals surface area contributed by atoms with E-state index < -0.39 is 0 Å². The first-order valence-electron chi connectivity index (χ1n) is 5.08. The lowest BCUT2D eigenvalue weighted by atomic mass is 10.2. The monoisotopic (exact) mass is 232 g/mol. The SMILES string of the molecule is Cc1cccc(NC(=O)Cc2nonc2N)c1. The van der Waals surface area contributed by atoms with E-state index in [1.165, 1.54) is 0 Å². The van der Waals surface area contributed by atoms with Crippen LogP contribution in [0, 0.1) is 6.92 Å². The maximum atomic E-state index is 11.7. The first kappa shape index (κ1) is 11.1. The zero-order valence-electron chi connectivity index (χ0n) is 9.30. The van der Waals surface area contributed by atoms with E-state index in [2.05, 4.69) is 20.3 Å². The molecule has 0 saturated carbocycles. The lowest BCUT2D eigenvalue weighted by Crippen LogP contribution is -2.15. The lowest BCUT2D eigenvalue weighted by molar-refractivity contribution is -0.115. The van der Waals surface area contributed by atoms with E-state index in [-0.39, 0.29) is 18.1 Å². The van der Waals surface area contributed by atoms with E-state index >= 15 is 0 Å². The van der Waals surface area contributed by atoms with Gasteiger partial charge in [-0.25, -0.2) is 4.63 Å². The number of carbonyl (C=O) groups excluding carboxylic acids is 1. The third-order valence-electron chi connectivity index (χ3n) is 2.22. The van der Waals surface area contributed by atoms with Crippen molar-refractivity contribution in [3.63, 3.8) is 0 Å². The fraction of sp³-hybridized carbons (Fsp3) is 0.182. The summed E-state index contributed by atoms with van der Waals surface area (Å²) in [5.41, 5.74) is 7.62. The smallest absolute Gasteiger partial charge is 0.230 e. The van der Waals surface area contributed by atoms with Crippen LogP contribution >= 0.6 is 0 Å². The number of nitrogens with two attached hydrogens (primary N) is 1. The van der Waals surface area contributed by atoms with Crippen LogP contribution in [0.2, 0.25) is 0 Å². The highest BCUT2D eigenvalue weighted by molar-refractivity contribution is 5.92. The number of aryl methyl sites for hydroxylation is 1. The molecule has 3 N–H and O–H groups in total. The summed E-state index contributed by atoms with van der Waals surface area (Å²) < 4.78 is 4.41. The predicted octanol–water partition coefficient (Wildman–Crippen LogP) is 1.14. The van der Waals surface area contributed by atoms with Gasteiger partial charge in [0.2, 0.25) is 5.91 Å². The number of benzene rings is 1. The Labute approximate surface area is 97.8 Å². The number of nitrogen functional groups attached to an aromatic ring is 1. The molecule has 0 radical (unpaired) electrons. The maximum Gasteiger partial charge on any atom is 0.230 e. The molecule has 0 bridgehead atoms. The van der Waals surface area contributed by atoms with Gasteiger partial charge in [0.15, 0.2) is 5.82 Å². The molecule has 1 heterocycles. The highest BCUT2D eigenvalue weighted by atomic mass is 16.6. The van der Waals surface area contributed by atoms with Gasteiger partial charge in [-0.3, -0.25) is 4.79 Å². The average molecular weight is 232 g/mol. The molecule has 0 aliphatic heterocycles. The molecule has 6 nitrogen and oxygen atoms in total. The fourth-order valence-corrected chi connectivity index (χ4v) is 1.42. The van der Waals surface area contributed by atoms with Crippen LogP contribution in [0.5, 0.6) is 0 Å². The average Bonchev–Trinajstić information content (AvgIpc) is 2.64. The van der Waals surface area contributed by atoms with Crippen LogP contribution < -0.4 is 11.1 Å². The minimum absolute atomic E-state index is 0.0449. The normalized spacial score (nSPS) is 10.2. The first-order chi connectivity index (χ1) is 8.15. The minimum atomic E-state index is -0.210. The van der Waals surface area contributed by atoms with Crippen LogP contribution in [-0.4, -0.2) is 16.2 Å². The summed E-state index contributed by atoms with van der Waals surface area (Å²) in [7, 11) is 0. The van der Waals surface area contributed by atoms with E-state index in [0.717, 1.165) is 11.3 Å². The molecular weight excluding hydrogens is 220 g/mol. The molecule has 0 spiro atoms. The number of aromatic nitrogens is 2. The maximum absolute atomic E-state index is 11.7. The molecular formula is C11H12N4O2. The molecule has 2 aromatic rings. The van der Waals surface area contributed by atoms with Crippen molar-refractivity contribution >= 4 is 17.4 Å². The van der Waals surface area contributed by atoms with Gasteiger partial charge in [-0.2, -0.15) is 0 Å². The second-order valence-electron chi connectivity index (χ2n) is 3.69. The molecule has 6 heteroatoms. The Morgan fingerprint density at radius 1 is 1.47 bits per heavy atom. The molecule has 1 amide bonds. The first-order valence-corrected chi connectivity index (χ1v) is 5.08. The molecule has 17 heavy (non-hydrogen) atoms. The van der Waals surface area contributed by atoms with Crippen LogP contribution in [0.4, 0.5) is 11.5 Å². The molecule has 0 fully saturated rings. The van der Waals surface area contributed by atoms with Gasteiger partial charge in [-0.1, -0.05) is 17.3 Å². The van der Waals surface area contributed by atoms with Crippen molar-refractivity contribution in [2.24, 2.45) is 0 Å². The topological polar surface area (TPSA) is 94.0 Å². The summed E-state index contributed by atoms with van der Waals surface area (Å²) >= 11 is 0. The van der Waals surface area contributed by atoms with Crippen LogP contribution in [-0.2, 0) is 11.2 Å². The molecule has 1 aromatic carbocycles. The lowest BCUT2D eigenvalue weighted by Gasteiger charge is -2.04. The fourth-order valence-electron chi connectivity index (χ4n) is 1.42. The quantitative estimate of drug-likeness (QED) is 0.827. The minimum Gasteiger partial charge on any atom is -0.379 e. The second kappa shape index (κ2) is 4.65. The summed E-state index contributed by atoms with van der Waals surface area (Å²) in [6.45, 7) is 1.95. The summed E-state index contributed by atoms with van der Waals surface area (Å²) in [6, 6.07) is 7.52. The summed E-state index contributed by atoms with van der Waals surface area (Å²) in [5.74, 6) is -0.0672. The molecule has 1 aromatic heterocycles. The number of carbonyl (C=O) groups is 1. The largest absolute Gasteiger partial charge is 0.379 e. The Morgan fingerprint density at radius 2 is 2.29 bits per heavy atom. The zero-order valence-corrected chi connectivity index (χ0v) is 9.30. The van der Waals surface area contributed by atoms with Crippen molar-refractivity contribution in [2.75, 3.05) is 11.1 Å². The van der Waals surface area contributed by atoms with Crippen LogP contribution in [0.15, 0.2) is 28.9 Å². The second-order valence-corrected chi connectivity index (χ2v) is 3.69. The number of amides is 1. The zero-order chi connectivity index (χ0) is 12.3. The molecule has 0 aliphatic carbocycles. The predicted molar refractivity (Wildman–Crippen MR) is 62.2 cm³/mol. The van der Waals surface area contributed by atoms with E-state index in [9.17, 15) is 4.79 Å². The van der Waals surface area contributed by atoms with E-state index in [4.69, 9.17) is 5.73 Å². The molecule has 0 aliphatic rings. The summed E-state index contributed by atoms with van der Waals surface area (Å²) in [6.07, 6.45) is 0.0449. The van der Waals surface area contributed by atoms with E-state index in [0.29, 0.717) is 5.69 Å². The third kappa shape index (κ3) is 2.81. The van der Waals surface area contributed by atoms with E-state index in [1.54, 1.807) is 0 Å². The van der Waals surface area contributed by atoms with Gasteiger partial charge in [0.1, 0.15) is 5.69 Å². The Balaban J connectivity index is 2.01. The van der Waals surface area contributed by atoms with Gasteiger partial charge in [0.05, 0.1) is 6.42 Å². The molecule has 0 saturated heterocycles. The van der Waals surface area contributed by atoms with Gasteiger partial charge in [-0.15, -0.1) is 0 Å². The van der Waals surface area contributed by atoms with Crippen molar-refractivity contribution in [2.45, 2.75) is 13.3 Å². The van der Waals surface area contributed by atoms with Crippen molar-refractivity contribution in [1.29, 1.82) is 0 Å². The molecule has 0 unspecified atom stereocenters. The standard InChI is InChI=1S/C11H12N4O2/c1-7-3-2-4-8(5-7)13-10(16)6-9-11(12)15-17-14-9/h2-5H,6H2,1H3,(H2,12,15)(H,13,16). The number of nitrogens with one attached hydrogen (secondary N) is 1. The number of anilines is 2. The van der Waals surface area contributed by atoms with Gasteiger partial charge in [0.25, 0.3) is 0 Å². The highest BCUT2D eigenvalue weighted by Gasteiger charge is 2.11. The van der Waals surface area contributed by atoms with Gasteiger partial charge in [0, 0.05) is 5.69 Å².